The third-order valence-electron chi connectivity index (χ3n) is 3.34. The molecule has 2 aromatic carbocycles. The normalized spacial score (nSPS) is 10.6. The van der Waals surface area contributed by atoms with Crippen LogP contribution in [0.5, 0.6) is 5.75 Å². The van der Waals surface area contributed by atoms with E-state index in [2.05, 4.69) is 5.32 Å². The van der Waals surface area contributed by atoms with E-state index < -0.39 is 11.9 Å². The van der Waals surface area contributed by atoms with Crippen LogP contribution in [0.1, 0.15) is 11.1 Å². The Morgan fingerprint density at radius 1 is 1.15 bits per heavy atom. The molecule has 0 saturated carbocycles. The van der Waals surface area contributed by atoms with Gasteiger partial charge in [0, 0.05) is 22.7 Å². The fourth-order valence-electron chi connectivity index (χ4n) is 2.00. The molecule has 0 saturated heterocycles. The van der Waals surface area contributed by atoms with E-state index in [1.165, 1.54) is 6.08 Å². The maximum atomic E-state index is 11.8. The smallest absolute Gasteiger partial charge is 0.331 e. The summed E-state index contributed by atoms with van der Waals surface area (Å²) in [5, 5.41) is 3.59. The molecule has 26 heavy (non-hydrogen) atoms. The first kappa shape index (κ1) is 19.8. The molecular formula is C19H17Cl2NO4. The molecular weight excluding hydrogens is 377 g/mol. The summed E-state index contributed by atoms with van der Waals surface area (Å²) in [4.78, 5) is 23.4. The van der Waals surface area contributed by atoms with Crippen LogP contribution in [0.4, 0.5) is 0 Å². The Kier molecular flexibility index (Phi) is 7.51. The number of hydrogen-bond acceptors (Lipinski definition) is 4. The highest BCUT2D eigenvalue weighted by Crippen LogP contribution is 2.20. The fraction of sp³-hybridized carbons (Fsp3) is 0.158. The number of carbonyl (C=O) groups is 2. The highest BCUT2D eigenvalue weighted by Gasteiger charge is 2.07. The predicted octanol–water partition coefficient (Wildman–Crippen LogP) is 3.87. The van der Waals surface area contributed by atoms with Gasteiger partial charge in [0.15, 0.2) is 6.61 Å². The molecule has 0 aliphatic heterocycles. The monoisotopic (exact) mass is 393 g/mol. The molecule has 0 atom stereocenters. The number of halogens is 2. The van der Waals surface area contributed by atoms with E-state index in [1.54, 1.807) is 49.6 Å². The third kappa shape index (κ3) is 6.43. The van der Waals surface area contributed by atoms with E-state index in [4.69, 9.17) is 32.7 Å². The first-order valence-electron chi connectivity index (χ1n) is 7.67. The van der Waals surface area contributed by atoms with Gasteiger partial charge in [0.05, 0.1) is 7.11 Å². The van der Waals surface area contributed by atoms with Crippen LogP contribution >= 0.6 is 23.2 Å². The summed E-state index contributed by atoms with van der Waals surface area (Å²) >= 11 is 11.8. The molecule has 0 bridgehead atoms. The van der Waals surface area contributed by atoms with Gasteiger partial charge >= 0.3 is 5.97 Å². The molecule has 1 N–H and O–H groups in total. The fourth-order valence-corrected chi connectivity index (χ4v) is 2.48. The number of benzene rings is 2. The predicted molar refractivity (Wildman–Crippen MR) is 101 cm³/mol. The number of carbonyl (C=O) groups excluding carboxylic acids is 2. The van der Waals surface area contributed by atoms with Crippen molar-refractivity contribution in [2.45, 2.75) is 6.54 Å². The molecule has 0 unspecified atom stereocenters. The minimum absolute atomic E-state index is 0.214. The molecule has 5 nitrogen and oxygen atoms in total. The highest BCUT2D eigenvalue weighted by molar-refractivity contribution is 6.35. The van der Waals surface area contributed by atoms with Crippen molar-refractivity contribution in [3.63, 3.8) is 0 Å². The van der Waals surface area contributed by atoms with Crippen molar-refractivity contribution in [2.75, 3.05) is 13.7 Å². The minimum atomic E-state index is -0.618. The van der Waals surface area contributed by atoms with Gasteiger partial charge < -0.3 is 14.8 Å². The molecule has 2 aromatic rings. The van der Waals surface area contributed by atoms with Crippen molar-refractivity contribution in [3.8, 4) is 5.75 Å². The Morgan fingerprint density at radius 3 is 2.69 bits per heavy atom. The van der Waals surface area contributed by atoms with Gasteiger partial charge in [0.25, 0.3) is 5.91 Å². The van der Waals surface area contributed by atoms with E-state index in [-0.39, 0.29) is 13.2 Å². The second-order valence-electron chi connectivity index (χ2n) is 5.23. The second-order valence-corrected chi connectivity index (χ2v) is 6.07. The van der Waals surface area contributed by atoms with Crippen molar-refractivity contribution >= 4 is 41.2 Å². The van der Waals surface area contributed by atoms with Crippen molar-refractivity contribution in [3.05, 3.63) is 69.7 Å². The van der Waals surface area contributed by atoms with E-state index in [1.807, 2.05) is 6.07 Å². The topological polar surface area (TPSA) is 64.6 Å². The van der Waals surface area contributed by atoms with Gasteiger partial charge in [-0.3, -0.25) is 4.79 Å². The van der Waals surface area contributed by atoms with E-state index in [9.17, 15) is 9.59 Å². The van der Waals surface area contributed by atoms with Crippen LogP contribution in [0.25, 0.3) is 6.08 Å². The van der Waals surface area contributed by atoms with Gasteiger partial charge in [0.2, 0.25) is 0 Å². The van der Waals surface area contributed by atoms with Crippen LogP contribution in [0, 0.1) is 0 Å². The van der Waals surface area contributed by atoms with Crippen molar-refractivity contribution in [1.29, 1.82) is 0 Å². The zero-order valence-corrected chi connectivity index (χ0v) is 15.5. The third-order valence-corrected chi connectivity index (χ3v) is 3.93. The van der Waals surface area contributed by atoms with Gasteiger partial charge in [-0.15, -0.1) is 0 Å². The Hall–Kier alpha value is -2.50. The quantitative estimate of drug-likeness (QED) is 0.572. The molecule has 136 valence electrons. The van der Waals surface area contributed by atoms with Crippen LogP contribution in [0.2, 0.25) is 10.0 Å². The van der Waals surface area contributed by atoms with Crippen LogP contribution in [0.3, 0.4) is 0 Å². The van der Waals surface area contributed by atoms with Crippen molar-refractivity contribution < 1.29 is 19.1 Å². The number of nitrogens with one attached hydrogen (secondary N) is 1. The first-order valence-corrected chi connectivity index (χ1v) is 8.43. The zero-order valence-electron chi connectivity index (χ0n) is 14.0. The molecule has 1 amide bonds. The van der Waals surface area contributed by atoms with Crippen LogP contribution in [-0.2, 0) is 20.9 Å². The van der Waals surface area contributed by atoms with Gasteiger partial charge in [-0.25, -0.2) is 4.79 Å². The average molecular weight is 394 g/mol. The summed E-state index contributed by atoms with van der Waals surface area (Å²) < 4.78 is 10.00. The molecule has 7 heteroatoms. The summed E-state index contributed by atoms with van der Waals surface area (Å²) in [6.07, 6.45) is 2.83. The molecule has 0 aromatic heterocycles. The summed E-state index contributed by atoms with van der Waals surface area (Å²) in [5.74, 6) is -0.368. The summed E-state index contributed by atoms with van der Waals surface area (Å²) in [6.45, 7) is -0.168. The van der Waals surface area contributed by atoms with Gasteiger partial charge in [-0.05, 0) is 41.5 Å². The lowest BCUT2D eigenvalue weighted by molar-refractivity contribution is -0.143. The number of amides is 1. The van der Waals surface area contributed by atoms with Gasteiger partial charge in [0.1, 0.15) is 5.75 Å². The van der Waals surface area contributed by atoms with Gasteiger partial charge in [-0.2, -0.15) is 0 Å². The standard InChI is InChI=1S/C19H17Cl2NO4/c1-25-16-4-2-3-13(9-16)5-8-19(24)26-12-18(23)22-11-14-6-7-15(20)10-17(14)21/h2-10H,11-12H2,1H3,(H,22,23)/b8-5+. The molecule has 0 aliphatic carbocycles. The van der Waals surface area contributed by atoms with E-state index >= 15 is 0 Å². The largest absolute Gasteiger partial charge is 0.497 e. The lowest BCUT2D eigenvalue weighted by Crippen LogP contribution is -2.28. The zero-order chi connectivity index (χ0) is 18.9. The van der Waals surface area contributed by atoms with Crippen LogP contribution in [-0.4, -0.2) is 25.6 Å². The maximum Gasteiger partial charge on any atom is 0.331 e. The van der Waals surface area contributed by atoms with Crippen LogP contribution < -0.4 is 10.1 Å². The number of hydrogen-bond donors (Lipinski definition) is 1. The van der Waals surface area contributed by atoms with Gasteiger partial charge in [-0.1, -0.05) is 41.4 Å². The SMILES string of the molecule is COc1cccc(/C=C/C(=O)OCC(=O)NCc2ccc(Cl)cc2Cl)c1. The first-order chi connectivity index (χ1) is 12.5. The summed E-state index contributed by atoms with van der Waals surface area (Å²) in [7, 11) is 1.56. The Balaban J connectivity index is 1.77. The average Bonchev–Trinajstić information content (AvgIpc) is 2.64. The lowest BCUT2D eigenvalue weighted by Gasteiger charge is -2.07. The lowest BCUT2D eigenvalue weighted by atomic mass is 10.2. The number of esters is 1. The number of methoxy groups -OCH3 is 1. The maximum absolute atomic E-state index is 11.8. The molecule has 0 heterocycles. The molecule has 0 fully saturated rings. The molecule has 0 radical (unpaired) electrons. The minimum Gasteiger partial charge on any atom is -0.497 e. The number of ether oxygens (including phenoxy) is 2. The Morgan fingerprint density at radius 2 is 1.96 bits per heavy atom. The molecule has 0 aliphatic rings. The summed E-state index contributed by atoms with van der Waals surface area (Å²) in [6, 6.07) is 12.2. The second kappa shape index (κ2) is 9.85. The van der Waals surface area contributed by atoms with E-state index in [0.29, 0.717) is 21.4 Å². The van der Waals surface area contributed by atoms with Crippen LogP contribution in [0.15, 0.2) is 48.5 Å². The molecule has 0 spiro atoms. The van der Waals surface area contributed by atoms with Crippen molar-refractivity contribution in [2.24, 2.45) is 0 Å². The van der Waals surface area contributed by atoms with Crippen molar-refractivity contribution in [1.82, 2.24) is 5.32 Å². The summed E-state index contributed by atoms with van der Waals surface area (Å²) in [5.41, 5.74) is 1.50. The van der Waals surface area contributed by atoms with E-state index in [0.717, 1.165) is 5.56 Å². The Labute approximate surface area is 161 Å². The number of rotatable bonds is 7. The Bertz CT molecular complexity index is 821. The molecule has 2 rings (SSSR count). The highest BCUT2D eigenvalue weighted by atomic mass is 35.5.